The Labute approximate surface area is 188 Å². The zero-order valence-electron chi connectivity index (χ0n) is 17.1. The van der Waals surface area contributed by atoms with Crippen molar-refractivity contribution in [3.8, 4) is 5.69 Å². The van der Waals surface area contributed by atoms with Gasteiger partial charge in [0.25, 0.3) is 5.91 Å². The van der Waals surface area contributed by atoms with Crippen LogP contribution in [-0.4, -0.2) is 61.9 Å². The second-order valence-corrected chi connectivity index (χ2v) is 8.32. The monoisotopic (exact) mass is 497 g/mol. The first-order valence-electron chi connectivity index (χ1n) is 9.25. The first kappa shape index (κ1) is 25.7. The summed E-state index contributed by atoms with van der Waals surface area (Å²) in [5.74, 6) is -1.97. The number of hydrogen-bond donors (Lipinski definition) is 0. The number of carbonyl (C=O) groups excluding carboxylic acids is 1. The Morgan fingerprint density at radius 1 is 1.38 bits per heavy atom. The number of carbonyl (C=O) groups is 1. The Morgan fingerprint density at radius 2 is 2.09 bits per heavy atom. The summed E-state index contributed by atoms with van der Waals surface area (Å²) in [6.45, 7) is 1.75. The van der Waals surface area contributed by atoms with Crippen molar-refractivity contribution in [1.82, 2.24) is 14.8 Å². The zero-order valence-corrected chi connectivity index (χ0v) is 18.7. The molecule has 1 atom stereocenters. The van der Waals surface area contributed by atoms with Gasteiger partial charge in [-0.25, -0.2) is 9.07 Å². The van der Waals surface area contributed by atoms with Crippen molar-refractivity contribution in [3.63, 3.8) is 0 Å². The second-order valence-electron chi connectivity index (χ2n) is 6.39. The number of halogens is 5. The topological polar surface area (TPSA) is 89.7 Å². The summed E-state index contributed by atoms with van der Waals surface area (Å²) >= 11 is 6.17. The standard InChI is InChI=1S/C18H20ClF4N5O3S/c1-3-27(15-10-28(25-16(15)19)13-7-12(20)8-24-9-13)17(29)14(26-31-2)11-32(30)6-4-5-18(21,22)23/h7-10H,3-6,11H2,1-2H3/b26-14-. The van der Waals surface area contributed by atoms with Crippen molar-refractivity contribution in [2.45, 2.75) is 25.9 Å². The fourth-order valence-corrected chi connectivity index (χ4v) is 3.98. The van der Waals surface area contributed by atoms with Gasteiger partial charge in [0, 0.05) is 35.6 Å². The van der Waals surface area contributed by atoms with Crippen LogP contribution in [0.2, 0.25) is 5.15 Å². The van der Waals surface area contributed by atoms with Crippen LogP contribution in [0.25, 0.3) is 5.69 Å². The van der Waals surface area contributed by atoms with Gasteiger partial charge < -0.3 is 9.74 Å². The number of pyridine rings is 1. The van der Waals surface area contributed by atoms with Crippen molar-refractivity contribution in [1.29, 1.82) is 0 Å². The minimum Gasteiger partial charge on any atom is -0.399 e. The van der Waals surface area contributed by atoms with E-state index in [1.807, 2.05) is 0 Å². The first-order valence-corrected chi connectivity index (χ1v) is 11.1. The molecule has 14 heteroatoms. The number of hydrogen-bond acceptors (Lipinski definition) is 6. The van der Waals surface area contributed by atoms with E-state index in [9.17, 15) is 26.6 Å². The van der Waals surface area contributed by atoms with Crippen molar-refractivity contribution < 1.29 is 31.4 Å². The summed E-state index contributed by atoms with van der Waals surface area (Å²) in [6, 6.07) is 1.17. The van der Waals surface area contributed by atoms with Gasteiger partial charge in [0.1, 0.15) is 18.6 Å². The van der Waals surface area contributed by atoms with E-state index in [0.29, 0.717) is 0 Å². The molecule has 176 valence electrons. The zero-order chi connectivity index (χ0) is 23.9. The van der Waals surface area contributed by atoms with Crippen LogP contribution >= 0.6 is 11.6 Å². The summed E-state index contributed by atoms with van der Waals surface area (Å²) in [6.07, 6.45) is -2.03. The summed E-state index contributed by atoms with van der Waals surface area (Å²) in [5, 5.41) is 7.57. The number of nitrogens with zero attached hydrogens (tertiary/aromatic N) is 5. The Bertz CT molecular complexity index is 999. The predicted octanol–water partition coefficient (Wildman–Crippen LogP) is 3.51. The highest BCUT2D eigenvalue weighted by Gasteiger charge is 2.28. The molecule has 2 rings (SSSR count). The largest absolute Gasteiger partial charge is 0.399 e. The minimum absolute atomic E-state index is 0.0764. The molecule has 2 aromatic heterocycles. The van der Waals surface area contributed by atoms with Crippen molar-refractivity contribution in [3.05, 3.63) is 35.6 Å². The third kappa shape index (κ3) is 7.26. The number of alkyl halides is 3. The molecule has 8 nitrogen and oxygen atoms in total. The summed E-state index contributed by atoms with van der Waals surface area (Å²) in [4.78, 5) is 22.6. The molecular weight excluding hydrogens is 478 g/mol. The molecule has 0 aromatic carbocycles. The molecular formula is C18H20ClF4N5O3S. The molecule has 0 saturated carbocycles. The van der Waals surface area contributed by atoms with Gasteiger partial charge in [0.15, 0.2) is 10.9 Å². The van der Waals surface area contributed by atoms with Gasteiger partial charge in [0.05, 0.1) is 30.0 Å². The lowest BCUT2D eigenvalue weighted by atomic mass is 10.3. The molecule has 0 aliphatic rings. The van der Waals surface area contributed by atoms with Crippen LogP contribution in [0.3, 0.4) is 0 Å². The molecule has 0 bridgehead atoms. The molecule has 0 saturated heterocycles. The van der Waals surface area contributed by atoms with Crippen molar-refractivity contribution >= 4 is 39.7 Å². The van der Waals surface area contributed by atoms with Crippen LogP contribution in [0.15, 0.2) is 29.8 Å². The molecule has 0 N–H and O–H groups in total. The van der Waals surface area contributed by atoms with Gasteiger partial charge in [-0.2, -0.15) is 18.3 Å². The molecule has 0 radical (unpaired) electrons. The van der Waals surface area contributed by atoms with Gasteiger partial charge in [-0.05, 0) is 13.3 Å². The fourth-order valence-electron chi connectivity index (χ4n) is 2.66. The molecule has 2 heterocycles. The normalized spacial score (nSPS) is 13.2. The van der Waals surface area contributed by atoms with E-state index in [1.54, 1.807) is 6.92 Å². The maximum Gasteiger partial charge on any atom is 0.389 e. The van der Waals surface area contributed by atoms with Gasteiger partial charge in [0.2, 0.25) is 0 Å². The SMILES string of the molecule is CCN(C(=O)/C(CS(=O)CCCC(F)(F)F)=N\OC)c1cn(-c2cncc(F)c2)nc1Cl. The quantitative estimate of drug-likeness (QED) is 0.285. The lowest BCUT2D eigenvalue weighted by molar-refractivity contribution is -0.134. The minimum atomic E-state index is -4.35. The molecule has 0 spiro atoms. The lowest BCUT2D eigenvalue weighted by Gasteiger charge is -2.20. The van der Waals surface area contributed by atoms with Gasteiger partial charge in [-0.15, -0.1) is 0 Å². The molecule has 1 unspecified atom stereocenters. The molecule has 0 aliphatic carbocycles. The average Bonchev–Trinajstić information content (AvgIpc) is 3.08. The van der Waals surface area contributed by atoms with Crippen LogP contribution in [0.1, 0.15) is 19.8 Å². The van der Waals surface area contributed by atoms with E-state index in [-0.39, 0.29) is 41.0 Å². The summed E-state index contributed by atoms with van der Waals surface area (Å²) in [5.41, 5.74) is 0.171. The van der Waals surface area contributed by atoms with E-state index >= 15 is 0 Å². The van der Waals surface area contributed by atoms with Crippen molar-refractivity contribution in [2.24, 2.45) is 5.16 Å². The maximum absolute atomic E-state index is 13.5. The van der Waals surface area contributed by atoms with E-state index in [2.05, 4.69) is 20.1 Å². The maximum atomic E-state index is 13.5. The Morgan fingerprint density at radius 3 is 2.69 bits per heavy atom. The van der Waals surface area contributed by atoms with Crippen LogP contribution < -0.4 is 4.90 Å². The predicted molar refractivity (Wildman–Crippen MR) is 112 cm³/mol. The van der Waals surface area contributed by atoms with Crippen LogP contribution in [0.4, 0.5) is 23.2 Å². The highest BCUT2D eigenvalue weighted by molar-refractivity contribution is 7.85. The summed E-state index contributed by atoms with van der Waals surface area (Å²) < 4.78 is 63.8. The number of anilines is 1. The number of rotatable bonds is 10. The van der Waals surface area contributed by atoms with E-state index in [4.69, 9.17) is 11.6 Å². The second kappa shape index (κ2) is 11.4. The molecule has 1 amide bonds. The van der Waals surface area contributed by atoms with Crippen molar-refractivity contribution in [2.75, 3.05) is 30.1 Å². The Balaban J connectivity index is 2.20. The van der Waals surface area contributed by atoms with E-state index < -0.39 is 40.9 Å². The molecule has 2 aromatic rings. The fraction of sp³-hybridized carbons (Fsp3) is 0.444. The van der Waals surface area contributed by atoms with Crippen LogP contribution in [0, 0.1) is 5.82 Å². The summed E-state index contributed by atoms with van der Waals surface area (Å²) in [7, 11) is -0.598. The first-order chi connectivity index (χ1) is 15.1. The molecule has 32 heavy (non-hydrogen) atoms. The average molecular weight is 498 g/mol. The van der Waals surface area contributed by atoms with Crippen LogP contribution in [0.5, 0.6) is 0 Å². The van der Waals surface area contributed by atoms with E-state index in [1.165, 1.54) is 35.2 Å². The Hall–Kier alpha value is -2.54. The Kier molecular flexibility index (Phi) is 9.13. The van der Waals surface area contributed by atoms with Crippen LogP contribution in [-0.2, 0) is 20.4 Å². The third-order valence-electron chi connectivity index (χ3n) is 4.04. The highest BCUT2D eigenvalue weighted by atomic mass is 35.5. The highest BCUT2D eigenvalue weighted by Crippen LogP contribution is 2.26. The van der Waals surface area contributed by atoms with Gasteiger partial charge in [-0.3, -0.25) is 14.0 Å². The lowest BCUT2D eigenvalue weighted by Crippen LogP contribution is -2.39. The molecule has 0 aliphatic heterocycles. The number of aromatic nitrogens is 3. The van der Waals surface area contributed by atoms with Gasteiger partial charge >= 0.3 is 6.18 Å². The number of amides is 1. The van der Waals surface area contributed by atoms with Gasteiger partial charge in [-0.1, -0.05) is 16.8 Å². The number of oxime groups is 1. The van der Waals surface area contributed by atoms with E-state index in [0.717, 1.165) is 6.20 Å². The smallest absolute Gasteiger partial charge is 0.389 e. The third-order valence-corrected chi connectivity index (χ3v) is 5.65. The molecule has 0 fully saturated rings.